The van der Waals surface area contributed by atoms with Gasteiger partial charge < -0.3 is 5.73 Å². The molecule has 1 aromatic heterocycles. The average Bonchev–Trinajstić information content (AvgIpc) is 2.95. The summed E-state index contributed by atoms with van der Waals surface area (Å²) < 4.78 is 13.5. The van der Waals surface area contributed by atoms with E-state index in [1.807, 2.05) is 11.4 Å². The zero-order valence-electron chi connectivity index (χ0n) is 13.5. The number of nitrogens with two attached hydrogens (primary N) is 1. The van der Waals surface area contributed by atoms with E-state index < -0.39 is 11.4 Å². The van der Waals surface area contributed by atoms with Gasteiger partial charge in [-0.05, 0) is 24.6 Å². The Morgan fingerprint density at radius 1 is 1.52 bits per heavy atom. The minimum Gasteiger partial charge on any atom is -0.369 e. The molecule has 2 heterocycles. The second-order valence-electron chi connectivity index (χ2n) is 5.97. The second-order valence-corrected chi connectivity index (χ2v) is 7.23. The van der Waals surface area contributed by atoms with Gasteiger partial charge in [0.05, 0.1) is 21.9 Å². The zero-order valence-corrected chi connectivity index (χ0v) is 15.1. The van der Waals surface area contributed by atoms with Crippen LogP contribution in [0.3, 0.4) is 0 Å². The lowest BCUT2D eigenvalue weighted by molar-refractivity contribution is -0.128. The van der Waals surface area contributed by atoms with Crippen LogP contribution in [0.2, 0.25) is 5.02 Å². The van der Waals surface area contributed by atoms with Crippen LogP contribution in [0.1, 0.15) is 23.8 Å². The maximum absolute atomic E-state index is 13.5. The molecule has 0 fully saturated rings. The Morgan fingerprint density at radius 2 is 2.24 bits per heavy atom. The summed E-state index contributed by atoms with van der Waals surface area (Å²) >= 11 is 7.91. The molecule has 0 aliphatic carbocycles. The van der Waals surface area contributed by atoms with Crippen molar-refractivity contribution in [1.82, 2.24) is 4.90 Å². The lowest BCUT2D eigenvalue weighted by Crippen LogP contribution is -2.47. The number of aliphatic imine (C=N–C) groups is 1. The Bertz CT molecular complexity index is 949. The molecular weight excluding hydrogens is 363 g/mol. The third-order valence-electron chi connectivity index (χ3n) is 4.19. The van der Waals surface area contributed by atoms with E-state index in [0.717, 1.165) is 0 Å². The van der Waals surface area contributed by atoms with E-state index in [1.54, 1.807) is 20.0 Å². The Morgan fingerprint density at radius 3 is 2.88 bits per heavy atom. The van der Waals surface area contributed by atoms with E-state index in [-0.39, 0.29) is 23.9 Å². The van der Waals surface area contributed by atoms with Crippen molar-refractivity contribution >= 4 is 34.8 Å². The molecule has 128 valence electrons. The molecule has 0 unspecified atom stereocenters. The molecule has 0 saturated carbocycles. The van der Waals surface area contributed by atoms with Crippen LogP contribution < -0.4 is 5.73 Å². The van der Waals surface area contributed by atoms with Crippen molar-refractivity contribution in [3.05, 3.63) is 44.9 Å². The van der Waals surface area contributed by atoms with Gasteiger partial charge in [0.1, 0.15) is 17.4 Å². The summed E-state index contributed by atoms with van der Waals surface area (Å²) in [4.78, 5) is 18.6. The molecule has 2 aromatic rings. The molecule has 3 rings (SSSR count). The highest BCUT2D eigenvalue weighted by atomic mass is 35.5. The SMILES string of the molecule is CN1C(=O)C[C@@](C)(c2scc(-c3ccc(F)c(C#N)c3)c2Cl)N=C1N. The number of amides is 1. The van der Waals surface area contributed by atoms with Crippen molar-refractivity contribution in [2.75, 3.05) is 7.05 Å². The third kappa shape index (κ3) is 2.88. The summed E-state index contributed by atoms with van der Waals surface area (Å²) in [5.41, 5.74) is 6.23. The number of carbonyl (C=O) groups is 1. The minimum absolute atomic E-state index is 0.0516. The molecule has 0 saturated heterocycles. The van der Waals surface area contributed by atoms with Gasteiger partial charge in [0, 0.05) is 18.0 Å². The summed E-state index contributed by atoms with van der Waals surface area (Å²) in [6, 6.07) is 6.06. The monoisotopic (exact) mass is 376 g/mol. The summed E-state index contributed by atoms with van der Waals surface area (Å²) in [5, 5.41) is 11.2. The van der Waals surface area contributed by atoms with Gasteiger partial charge in [0.25, 0.3) is 0 Å². The summed E-state index contributed by atoms with van der Waals surface area (Å²) in [7, 11) is 1.57. The Labute approximate surface area is 153 Å². The number of hydrogen-bond donors (Lipinski definition) is 1. The molecule has 0 radical (unpaired) electrons. The van der Waals surface area contributed by atoms with Crippen LogP contribution in [0.15, 0.2) is 28.6 Å². The fourth-order valence-corrected chi connectivity index (χ4v) is 4.36. The quantitative estimate of drug-likeness (QED) is 0.871. The zero-order chi connectivity index (χ0) is 18.4. The van der Waals surface area contributed by atoms with E-state index in [9.17, 15) is 9.18 Å². The van der Waals surface area contributed by atoms with Gasteiger partial charge in [-0.15, -0.1) is 11.3 Å². The number of benzene rings is 1. The topological polar surface area (TPSA) is 82.5 Å². The first-order chi connectivity index (χ1) is 11.8. The van der Waals surface area contributed by atoms with E-state index in [4.69, 9.17) is 22.6 Å². The first-order valence-corrected chi connectivity index (χ1v) is 8.62. The third-order valence-corrected chi connectivity index (χ3v) is 5.93. The van der Waals surface area contributed by atoms with E-state index in [2.05, 4.69) is 4.99 Å². The molecule has 25 heavy (non-hydrogen) atoms. The predicted octanol–water partition coefficient (Wildman–Crippen LogP) is 3.47. The summed E-state index contributed by atoms with van der Waals surface area (Å²) in [5.74, 6) is -0.587. The van der Waals surface area contributed by atoms with Crippen molar-refractivity contribution in [3.63, 3.8) is 0 Å². The Hall–Kier alpha value is -2.43. The molecule has 1 aromatic carbocycles. The molecule has 0 bridgehead atoms. The molecule has 1 aliphatic heterocycles. The van der Waals surface area contributed by atoms with Crippen molar-refractivity contribution in [1.29, 1.82) is 5.26 Å². The van der Waals surface area contributed by atoms with Crippen LogP contribution in [0.25, 0.3) is 11.1 Å². The number of halogens is 2. The number of rotatable bonds is 2. The largest absolute Gasteiger partial charge is 0.369 e. The number of carbonyl (C=O) groups excluding carboxylic acids is 1. The van der Waals surface area contributed by atoms with E-state index >= 15 is 0 Å². The molecule has 8 heteroatoms. The van der Waals surface area contributed by atoms with Crippen molar-refractivity contribution in [2.24, 2.45) is 10.7 Å². The van der Waals surface area contributed by atoms with Crippen LogP contribution >= 0.6 is 22.9 Å². The number of guanidine groups is 1. The Balaban J connectivity index is 2.08. The molecule has 2 N–H and O–H groups in total. The van der Waals surface area contributed by atoms with Gasteiger partial charge in [-0.3, -0.25) is 9.69 Å². The number of nitriles is 1. The molecule has 1 amide bonds. The first kappa shape index (κ1) is 17.4. The fraction of sp³-hybridized carbons (Fsp3) is 0.235. The maximum atomic E-state index is 13.5. The number of thiophene rings is 1. The van der Waals surface area contributed by atoms with Gasteiger partial charge in [-0.1, -0.05) is 17.7 Å². The van der Waals surface area contributed by atoms with Crippen LogP contribution in [0.4, 0.5) is 4.39 Å². The van der Waals surface area contributed by atoms with Crippen molar-refractivity contribution in [3.8, 4) is 17.2 Å². The van der Waals surface area contributed by atoms with Crippen molar-refractivity contribution < 1.29 is 9.18 Å². The maximum Gasteiger partial charge on any atom is 0.231 e. The fourth-order valence-electron chi connectivity index (χ4n) is 2.72. The normalized spacial score (nSPS) is 20.4. The highest BCUT2D eigenvalue weighted by Crippen LogP contribution is 2.45. The van der Waals surface area contributed by atoms with Crippen LogP contribution in [0.5, 0.6) is 0 Å². The van der Waals surface area contributed by atoms with Crippen LogP contribution in [-0.2, 0) is 10.3 Å². The smallest absolute Gasteiger partial charge is 0.231 e. The van der Waals surface area contributed by atoms with Gasteiger partial charge >= 0.3 is 0 Å². The van der Waals surface area contributed by atoms with Gasteiger partial charge in [0.2, 0.25) is 5.91 Å². The minimum atomic E-state index is -0.855. The van der Waals surface area contributed by atoms with Crippen LogP contribution in [-0.4, -0.2) is 23.8 Å². The van der Waals surface area contributed by atoms with Crippen LogP contribution in [0, 0.1) is 17.1 Å². The number of hydrogen-bond acceptors (Lipinski definition) is 5. The summed E-state index contributed by atoms with van der Waals surface area (Å²) in [6.45, 7) is 1.80. The average molecular weight is 377 g/mol. The molecule has 5 nitrogen and oxygen atoms in total. The standard InChI is InChI=1S/C17H14ClFN4OS/c1-17(6-13(24)23(2)16(21)22-17)15-14(18)11(8-25-15)9-3-4-12(19)10(5-9)7-20/h3-5,8H,6H2,1-2H3,(H2,21,22)/t17-/m0/s1. The Kier molecular flexibility index (Phi) is 4.27. The molecule has 0 spiro atoms. The van der Waals surface area contributed by atoms with Crippen molar-refractivity contribution in [2.45, 2.75) is 18.9 Å². The lowest BCUT2D eigenvalue weighted by Gasteiger charge is -2.32. The van der Waals surface area contributed by atoms with Gasteiger partial charge in [-0.25, -0.2) is 9.38 Å². The van der Waals surface area contributed by atoms with Gasteiger partial charge in [0.15, 0.2) is 5.96 Å². The van der Waals surface area contributed by atoms with E-state index in [1.165, 1.54) is 28.4 Å². The van der Waals surface area contributed by atoms with Gasteiger partial charge in [-0.2, -0.15) is 5.26 Å². The highest BCUT2D eigenvalue weighted by molar-refractivity contribution is 7.11. The van der Waals surface area contributed by atoms with E-state index in [0.29, 0.717) is 21.0 Å². The number of nitrogens with zero attached hydrogens (tertiary/aromatic N) is 3. The molecule has 1 aliphatic rings. The lowest BCUT2D eigenvalue weighted by atomic mass is 9.93. The second kappa shape index (κ2) is 6.14. The molecule has 1 atom stereocenters. The predicted molar refractivity (Wildman–Crippen MR) is 95.8 cm³/mol. The molecular formula is C17H14ClFN4OS. The summed E-state index contributed by atoms with van der Waals surface area (Å²) in [6.07, 6.45) is 0.150. The first-order valence-electron chi connectivity index (χ1n) is 7.36. The highest BCUT2D eigenvalue weighted by Gasteiger charge is 2.39.